The summed E-state index contributed by atoms with van der Waals surface area (Å²) in [4.78, 5) is 24.1. The first-order valence-electron chi connectivity index (χ1n) is 10.5. The molecule has 0 bridgehead atoms. The van der Waals surface area contributed by atoms with Gasteiger partial charge in [0.15, 0.2) is 0 Å². The molecule has 0 spiro atoms. The molecule has 2 aromatic heterocycles. The van der Waals surface area contributed by atoms with Crippen molar-refractivity contribution in [3.8, 4) is 23.3 Å². The molecule has 8 nitrogen and oxygen atoms in total. The zero-order valence-corrected chi connectivity index (χ0v) is 18.2. The Bertz CT molecular complexity index is 1290. The van der Waals surface area contributed by atoms with Crippen molar-refractivity contribution in [2.75, 3.05) is 26.9 Å². The molecule has 8 heteroatoms. The fourth-order valence-electron chi connectivity index (χ4n) is 3.42. The molecule has 2 aromatic carbocycles. The molecule has 0 aliphatic rings. The van der Waals surface area contributed by atoms with E-state index < -0.39 is 0 Å². The molecule has 4 aromatic rings. The van der Waals surface area contributed by atoms with E-state index in [0.717, 1.165) is 22.0 Å². The highest BCUT2D eigenvalue weighted by atomic mass is 16.5. The molecule has 1 amide bonds. The number of rotatable bonds is 9. The predicted octanol–water partition coefficient (Wildman–Crippen LogP) is 3.49. The Morgan fingerprint density at radius 1 is 1.15 bits per heavy atom. The maximum absolute atomic E-state index is 12.5. The molecule has 0 unspecified atom stereocenters. The van der Waals surface area contributed by atoms with Crippen LogP contribution >= 0.6 is 0 Å². The molecule has 0 aliphatic carbocycles. The van der Waals surface area contributed by atoms with E-state index in [1.54, 1.807) is 37.7 Å². The first-order chi connectivity index (χ1) is 16.2. The first-order valence-corrected chi connectivity index (χ1v) is 10.5. The Morgan fingerprint density at radius 3 is 2.79 bits per heavy atom. The summed E-state index contributed by atoms with van der Waals surface area (Å²) in [6, 6.07) is 17.4. The second-order valence-corrected chi connectivity index (χ2v) is 7.34. The Balaban J connectivity index is 1.34. The summed E-state index contributed by atoms with van der Waals surface area (Å²) in [5.41, 5.74) is 4.74. The number of amides is 1. The molecule has 0 saturated carbocycles. The Hall–Kier alpha value is -4.22. The van der Waals surface area contributed by atoms with Crippen LogP contribution in [0, 0.1) is 11.3 Å². The van der Waals surface area contributed by atoms with Crippen molar-refractivity contribution in [3.05, 3.63) is 77.6 Å². The standard InChI is InChI=1S/C25H23N5O3/c1-32-12-13-33-25-28-11-9-22(30-25)18-3-5-19(6-4-18)24(31)27-10-8-17-2-7-23-21(14-17)20(15-26)16-29-23/h2-7,9,11,14,16,29H,8,10,12-13H2,1H3,(H,27,31). The van der Waals surface area contributed by atoms with Crippen LogP contribution in [0.15, 0.2) is 60.9 Å². The minimum atomic E-state index is -0.145. The van der Waals surface area contributed by atoms with Gasteiger partial charge < -0.3 is 19.8 Å². The second-order valence-electron chi connectivity index (χ2n) is 7.34. The van der Waals surface area contributed by atoms with Crippen LogP contribution in [0.25, 0.3) is 22.2 Å². The number of hydrogen-bond donors (Lipinski definition) is 2. The Kier molecular flexibility index (Phi) is 6.93. The average Bonchev–Trinajstić information content (AvgIpc) is 3.27. The van der Waals surface area contributed by atoms with Crippen LogP contribution in [0.4, 0.5) is 0 Å². The third-order valence-corrected chi connectivity index (χ3v) is 5.16. The summed E-state index contributed by atoms with van der Waals surface area (Å²) >= 11 is 0. The second kappa shape index (κ2) is 10.4. The largest absolute Gasteiger partial charge is 0.461 e. The molecule has 0 atom stereocenters. The van der Waals surface area contributed by atoms with Gasteiger partial charge in [0.1, 0.15) is 12.7 Å². The summed E-state index contributed by atoms with van der Waals surface area (Å²) in [6.07, 6.45) is 4.01. The van der Waals surface area contributed by atoms with Gasteiger partial charge in [0, 0.05) is 48.1 Å². The molecule has 0 radical (unpaired) electrons. The number of aromatic amines is 1. The lowest BCUT2D eigenvalue weighted by atomic mass is 10.1. The molecule has 2 heterocycles. The van der Waals surface area contributed by atoms with E-state index in [2.05, 4.69) is 26.3 Å². The lowest BCUT2D eigenvalue weighted by Crippen LogP contribution is -2.25. The van der Waals surface area contributed by atoms with Gasteiger partial charge in [-0.15, -0.1) is 0 Å². The van der Waals surface area contributed by atoms with Crippen molar-refractivity contribution >= 4 is 16.8 Å². The summed E-state index contributed by atoms with van der Waals surface area (Å²) < 4.78 is 10.4. The first kappa shape index (κ1) is 22.0. The Morgan fingerprint density at radius 2 is 2.00 bits per heavy atom. The van der Waals surface area contributed by atoms with Gasteiger partial charge in [-0.25, -0.2) is 4.98 Å². The molecular formula is C25H23N5O3. The fraction of sp³-hybridized carbons (Fsp3) is 0.200. The van der Waals surface area contributed by atoms with Crippen LogP contribution in [0.3, 0.4) is 0 Å². The van der Waals surface area contributed by atoms with Crippen LogP contribution in [-0.4, -0.2) is 47.7 Å². The SMILES string of the molecule is COCCOc1nccc(-c2ccc(C(=O)NCCc3ccc4[nH]cc(C#N)c4c3)cc2)n1. The van der Waals surface area contributed by atoms with Gasteiger partial charge in [-0.2, -0.15) is 10.2 Å². The average molecular weight is 441 g/mol. The van der Waals surface area contributed by atoms with Crippen molar-refractivity contribution in [2.24, 2.45) is 0 Å². The van der Waals surface area contributed by atoms with Crippen LogP contribution in [0.1, 0.15) is 21.5 Å². The number of carbonyl (C=O) groups excluding carboxylic acids is 1. The summed E-state index contributed by atoms with van der Waals surface area (Å²) in [7, 11) is 1.60. The van der Waals surface area contributed by atoms with Crippen molar-refractivity contribution in [1.82, 2.24) is 20.3 Å². The van der Waals surface area contributed by atoms with Gasteiger partial charge >= 0.3 is 6.01 Å². The molecular weight excluding hydrogens is 418 g/mol. The smallest absolute Gasteiger partial charge is 0.316 e. The molecule has 0 aliphatic heterocycles. The normalized spacial score (nSPS) is 10.7. The zero-order chi connectivity index (χ0) is 23.0. The number of aromatic nitrogens is 3. The third-order valence-electron chi connectivity index (χ3n) is 5.16. The van der Waals surface area contributed by atoms with Gasteiger partial charge in [0.05, 0.1) is 17.9 Å². The maximum Gasteiger partial charge on any atom is 0.316 e. The topological polar surface area (TPSA) is 113 Å². The number of carbonyl (C=O) groups is 1. The number of nitrogens with one attached hydrogen (secondary N) is 2. The van der Waals surface area contributed by atoms with E-state index in [-0.39, 0.29) is 11.9 Å². The number of methoxy groups -OCH3 is 1. The van der Waals surface area contributed by atoms with Gasteiger partial charge in [-0.05, 0) is 42.3 Å². The quantitative estimate of drug-likeness (QED) is 0.385. The number of benzene rings is 2. The number of hydrogen-bond acceptors (Lipinski definition) is 6. The monoisotopic (exact) mass is 441 g/mol. The van der Waals surface area contributed by atoms with E-state index in [0.29, 0.717) is 43.0 Å². The molecule has 2 N–H and O–H groups in total. The zero-order valence-electron chi connectivity index (χ0n) is 18.2. The number of ether oxygens (including phenoxy) is 2. The van der Waals surface area contributed by atoms with Crippen LogP contribution in [0.2, 0.25) is 0 Å². The molecule has 4 rings (SSSR count). The van der Waals surface area contributed by atoms with Crippen LogP contribution < -0.4 is 10.1 Å². The highest BCUT2D eigenvalue weighted by Gasteiger charge is 2.09. The molecule has 0 fully saturated rings. The number of nitrogens with zero attached hydrogens (tertiary/aromatic N) is 3. The summed E-state index contributed by atoms with van der Waals surface area (Å²) in [5.74, 6) is -0.145. The molecule has 33 heavy (non-hydrogen) atoms. The molecule has 0 saturated heterocycles. The van der Waals surface area contributed by atoms with Crippen molar-refractivity contribution in [3.63, 3.8) is 0 Å². The highest BCUT2D eigenvalue weighted by Crippen LogP contribution is 2.20. The molecule has 166 valence electrons. The van der Waals surface area contributed by atoms with Crippen molar-refractivity contribution < 1.29 is 14.3 Å². The van der Waals surface area contributed by atoms with Crippen LogP contribution in [0.5, 0.6) is 6.01 Å². The van der Waals surface area contributed by atoms with E-state index in [4.69, 9.17) is 9.47 Å². The van der Waals surface area contributed by atoms with Crippen LogP contribution in [-0.2, 0) is 11.2 Å². The minimum Gasteiger partial charge on any atom is -0.461 e. The highest BCUT2D eigenvalue weighted by molar-refractivity contribution is 5.94. The van der Waals surface area contributed by atoms with E-state index >= 15 is 0 Å². The van der Waals surface area contributed by atoms with Gasteiger partial charge in [0.25, 0.3) is 5.91 Å². The van der Waals surface area contributed by atoms with E-state index in [1.807, 2.05) is 30.3 Å². The van der Waals surface area contributed by atoms with Gasteiger partial charge in [-0.1, -0.05) is 18.2 Å². The van der Waals surface area contributed by atoms with Gasteiger partial charge in [-0.3, -0.25) is 4.79 Å². The number of nitriles is 1. The fourth-order valence-corrected chi connectivity index (χ4v) is 3.42. The lowest BCUT2D eigenvalue weighted by molar-refractivity contribution is 0.0954. The predicted molar refractivity (Wildman–Crippen MR) is 124 cm³/mol. The lowest BCUT2D eigenvalue weighted by Gasteiger charge is -2.08. The van der Waals surface area contributed by atoms with Crippen molar-refractivity contribution in [1.29, 1.82) is 5.26 Å². The summed E-state index contributed by atoms with van der Waals surface area (Å²) in [6.45, 7) is 1.32. The number of fused-ring (bicyclic) bond motifs is 1. The van der Waals surface area contributed by atoms with E-state index in [9.17, 15) is 10.1 Å². The maximum atomic E-state index is 12.5. The van der Waals surface area contributed by atoms with Gasteiger partial charge in [0.2, 0.25) is 0 Å². The third kappa shape index (κ3) is 5.34. The Labute approximate surface area is 191 Å². The number of H-pyrrole nitrogens is 1. The van der Waals surface area contributed by atoms with Crippen molar-refractivity contribution in [2.45, 2.75) is 6.42 Å². The summed E-state index contributed by atoms with van der Waals surface area (Å²) in [5, 5.41) is 13.0. The van der Waals surface area contributed by atoms with E-state index in [1.165, 1.54) is 0 Å². The minimum absolute atomic E-state index is 0.145.